The molecule has 0 amide bonds. The van der Waals surface area contributed by atoms with Gasteiger partial charge >= 0.3 is 11.9 Å². The second-order valence-corrected chi connectivity index (χ2v) is 4.80. The molecule has 1 fully saturated rings. The lowest BCUT2D eigenvalue weighted by Crippen LogP contribution is -2.22. The van der Waals surface area contributed by atoms with Crippen molar-refractivity contribution in [2.24, 2.45) is 0 Å². The van der Waals surface area contributed by atoms with E-state index in [0.29, 0.717) is 11.1 Å². The summed E-state index contributed by atoms with van der Waals surface area (Å²) in [6, 6.07) is 3.71. The van der Waals surface area contributed by atoms with E-state index in [1.807, 2.05) is 0 Å². The number of halogens is 3. The number of aromatic amines is 1. The molecule has 1 aliphatic rings. The first-order chi connectivity index (χ1) is 9.47. The molecule has 1 unspecified atom stereocenters. The smallest absolute Gasteiger partial charge is 0.309 e. The van der Waals surface area contributed by atoms with E-state index in [4.69, 9.17) is 0 Å². The Kier molecular flexibility index (Phi) is 3.01. The average molecular weight is 283 g/mol. The molecule has 3 rings (SSSR count). The number of benzene rings is 1. The largest absolute Gasteiger partial charge is 0.418 e. The van der Waals surface area contributed by atoms with Crippen molar-refractivity contribution in [3.63, 3.8) is 0 Å². The predicted octanol–water partition coefficient (Wildman–Crippen LogP) is 2.37. The Balaban J connectivity index is 2.30. The van der Waals surface area contributed by atoms with Crippen LogP contribution in [0.3, 0.4) is 0 Å². The molecule has 20 heavy (non-hydrogen) atoms. The summed E-state index contributed by atoms with van der Waals surface area (Å²) in [5.41, 5.74) is -1.42. The number of rotatable bonds is 1. The fourth-order valence-corrected chi connectivity index (χ4v) is 2.63. The van der Waals surface area contributed by atoms with Crippen molar-refractivity contribution in [2.75, 3.05) is 6.54 Å². The molecule has 1 aliphatic heterocycles. The number of fused-ring (bicyclic) bond motifs is 1. The lowest BCUT2D eigenvalue weighted by Gasteiger charge is -2.15. The second kappa shape index (κ2) is 4.59. The molecule has 1 aromatic heterocycles. The zero-order valence-corrected chi connectivity index (χ0v) is 10.4. The molecule has 0 aliphatic carbocycles. The monoisotopic (exact) mass is 283 g/mol. The molecule has 2 heterocycles. The lowest BCUT2D eigenvalue weighted by atomic mass is 10.0. The van der Waals surface area contributed by atoms with Gasteiger partial charge in [0.15, 0.2) is 0 Å². The molecule has 1 aromatic carbocycles. The number of hydrogen-bond donors (Lipinski definition) is 2. The molecule has 0 radical (unpaired) electrons. The number of alkyl halides is 3. The molecule has 1 saturated heterocycles. The van der Waals surface area contributed by atoms with Crippen molar-refractivity contribution >= 4 is 10.9 Å². The summed E-state index contributed by atoms with van der Waals surface area (Å²) in [6.07, 6.45) is -2.82. The summed E-state index contributed by atoms with van der Waals surface area (Å²) >= 11 is 0. The van der Waals surface area contributed by atoms with Gasteiger partial charge < -0.3 is 10.3 Å². The van der Waals surface area contributed by atoms with Crippen molar-refractivity contribution in [3.05, 3.63) is 39.9 Å². The SMILES string of the molecule is O=c1nc2c(C(F)(F)F)cccc2c(C2CCCN2)[nH]1. The lowest BCUT2D eigenvalue weighted by molar-refractivity contribution is -0.136. The van der Waals surface area contributed by atoms with Crippen LogP contribution in [0.5, 0.6) is 0 Å². The summed E-state index contributed by atoms with van der Waals surface area (Å²) in [5.74, 6) is 0. The third-order valence-electron chi connectivity index (χ3n) is 3.50. The standard InChI is InChI=1S/C13H12F3N3O/c14-13(15,16)8-4-1-3-7-10(8)18-12(20)19-11(7)9-5-2-6-17-9/h1,3-4,9,17H,2,5-6H2,(H,18,19,20). The zero-order chi connectivity index (χ0) is 14.3. The van der Waals surface area contributed by atoms with Crippen LogP contribution in [0, 0.1) is 0 Å². The Bertz CT molecular complexity index is 702. The van der Waals surface area contributed by atoms with E-state index in [0.717, 1.165) is 25.5 Å². The number of hydrogen-bond acceptors (Lipinski definition) is 3. The number of para-hydroxylation sites is 1. The highest BCUT2D eigenvalue weighted by molar-refractivity contribution is 5.84. The first kappa shape index (κ1) is 13.1. The van der Waals surface area contributed by atoms with Crippen molar-refractivity contribution in [3.8, 4) is 0 Å². The Morgan fingerprint density at radius 2 is 2.10 bits per heavy atom. The molecule has 0 spiro atoms. The second-order valence-electron chi connectivity index (χ2n) is 4.80. The van der Waals surface area contributed by atoms with Crippen LogP contribution in [-0.2, 0) is 6.18 Å². The van der Waals surface area contributed by atoms with Gasteiger partial charge in [0.1, 0.15) is 0 Å². The Hall–Kier alpha value is -1.89. The maximum Gasteiger partial charge on any atom is 0.418 e. The molecule has 106 valence electrons. The van der Waals surface area contributed by atoms with Gasteiger partial charge in [-0.05, 0) is 25.5 Å². The maximum atomic E-state index is 13.0. The predicted molar refractivity (Wildman–Crippen MR) is 67.3 cm³/mol. The first-order valence-electron chi connectivity index (χ1n) is 6.30. The molecule has 0 saturated carbocycles. The van der Waals surface area contributed by atoms with Crippen LogP contribution in [0.4, 0.5) is 13.2 Å². The molecule has 2 N–H and O–H groups in total. The third-order valence-corrected chi connectivity index (χ3v) is 3.50. The van der Waals surface area contributed by atoms with Crippen molar-refractivity contribution < 1.29 is 13.2 Å². The number of H-pyrrole nitrogens is 1. The number of nitrogens with one attached hydrogen (secondary N) is 2. The molecule has 2 aromatic rings. The van der Waals surface area contributed by atoms with Crippen molar-refractivity contribution in [1.29, 1.82) is 0 Å². The van der Waals surface area contributed by atoms with Crippen LogP contribution in [0.15, 0.2) is 23.0 Å². The van der Waals surface area contributed by atoms with E-state index >= 15 is 0 Å². The van der Waals surface area contributed by atoms with E-state index in [2.05, 4.69) is 15.3 Å². The highest BCUT2D eigenvalue weighted by Crippen LogP contribution is 2.35. The van der Waals surface area contributed by atoms with E-state index in [1.165, 1.54) is 6.07 Å². The van der Waals surface area contributed by atoms with Crippen LogP contribution < -0.4 is 11.0 Å². The van der Waals surface area contributed by atoms with Crippen molar-refractivity contribution in [2.45, 2.75) is 25.1 Å². The molecule has 4 nitrogen and oxygen atoms in total. The minimum Gasteiger partial charge on any atom is -0.309 e. The van der Waals surface area contributed by atoms with Crippen LogP contribution in [-0.4, -0.2) is 16.5 Å². The molecule has 1 atom stereocenters. The molecule has 0 bridgehead atoms. The van der Waals surface area contributed by atoms with Gasteiger partial charge in [0, 0.05) is 17.1 Å². The van der Waals surface area contributed by atoms with Crippen LogP contribution in [0.25, 0.3) is 10.9 Å². The summed E-state index contributed by atoms with van der Waals surface area (Å²) in [7, 11) is 0. The van der Waals surface area contributed by atoms with Gasteiger partial charge in [-0.25, -0.2) is 4.79 Å². The molecule has 7 heteroatoms. The highest BCUT2D eigenvalue weighted by atomic mass is 19.4. The van der Waals surface area contributed by atoms with Gasteiger partial charge in [-0.15, -0.1) is 0 Å². The normalized spacial score (nSPS) is 19.6. The van der Waals surface area contributed by atoms with Gasteiger partial charge in [0.2, 0.25) is 0 Å². The fraction of sp³-hybridized carbons (Fsp3) is 0.385. The topological polar surface area (TPSA) is 57.8 Å². The van der Waals surface area contributed by atoms with Gasteiger partial charge in [-0.1, -0.05) is 12.1 Å². The van der Waals surface area contributed by atoms with E-state index in [9.17, 15) is 18.0 Å². The number of aromatic nitrogens is 2. The zero-order valence-electron chi connectivity index (χ0n) is 10.4. The van der Waals surface area contributed by atoms with Gasteiger partial charge in [0.25, 0.3) is 0 Å². The van der Waals surface area contributed by atoms with Gasteiger partial charge in [-0.2, -0.15) is 18.2 Å². The fourth-order valence-electron chi connectivity index (χ4n) is 2.63. The highest BCUT2D eigenvalue weighted by Gasteiger charge is 2.34. The van der Waals surface area contributed by atoms with E-state index in [-0.39, 0.29) is 11.6 Å². The van der Waals surface area contributed by atoms with Gasteiger partial charge in [-0.3, -0.25) is 0 Å². The summed E-state index contributed by atoms with van der Waals surface area (Å²) in [5, 5.41) is 3.52. The minimum absolute atomic E-state index is 0.128. The van der Waals surface area contributed by atoms with Crippen LogP contribution in [0.1, 0.15) is 30.1 Å². The van der Waals surface area contributed by atoms with Crippen LogP contribution in [0.2, 0.25) is 0 Å². The average Bonchev–Trinajstić information content (AvgIpc) is 2.89. The Morgan fingerprint density at radius 3 is 2.75 bits per heavy atom. The first-order valence-corrected chi connectivity index (χ1v) is 6.30. The number of nitrogens with zero attached hydrogens (tertiary/aromatic N) is 1. The summed E-state index contributed by atoms with van der Waals surface area (Å²) in [6.45, 7) is 0.787. The molecular weight excluding hydrogens is 271 g/mol. The van der Waals surface area contributed by atoms with Crippen molar-refractivity contribution in [1.82, 2.24) is 15.3 Å². The molecular formula is C13H12F3N3O. The van der Waals surface area contributed by atoms with E-state index in [1.54, 1.807) is 6.07 Å². The minimum atomic E-state index is -4.53. The Labute approximate surface area is 112 Å². The third kappa shape index (κ3) is 2.18. The quantitative estimate of drug-likeness (QED) is 0.844. The summed E-state index contributed by atoms with van der Waals surface area (Å²) < 4.78 is 39.0. The Morgan fingerprint density at radius 1 is 1.30 bits per heavy atom. The maximum absolute atomic E-state index is 13.0. The van der Waals surface area contributed by atoms with Gasteiger partial charge in [0.05, 0.1) is 11.1 Å². The van der Waals surface area contributed by atoms with E-state index < -0.39 is 17.4 Å². The van der Waals surface area contributed by atoms with Crippen LogP contribution >= 0.6 is 0 Å². The summed E-state index contributed by atoms with van der Waals surface area (Å²) in [4.78, 5) is 17.7.